The van der Waals surface area contributed by atoms with Crippen LogP contribution in [0.5, 0.6) is 0 Å². The van der Waals surface area contributed by atoms with Crippen LogP contribution in [0.25, 0.3) is 0 Å². The highest BCUT2D eigenvalue weighted by molar-refractivity contribution is 9.10. The summed E-state index contributed by atoms with van der Waals surface area (Å²) in [5.74, 6) is -0.187. The smallest absolute Gasteiger partial charge is 0.251 e. The Kier molecular flexibility index (Phi) is 4.74. The van der Waals surface area contributed by atoms with Gasteiger partial charge in [0.2, 0.25) is 5.91 Å². The van der Waals surface area contributed by atoms with Gasteiger partial charge in [0.05, 0.1) is 0 Å². The zero-order chi connectivity index (χ0) is 14.5. The van der Waals surface area contributed by atoms with Crippen molar-refractivity contribution in [3.63, 3.8) is 0 Å². The Bertz CT molecular complexity index is 680. The Hall–Kier alpha value is -1.88. The molecular formula is C15H15BrN2O2. The molecule has 1 amide bonds. The summed E-state index contributed by atoms with van der Waals surface area (Å²) in [4.78, 5) is 23.5. The van der Waals surface area contributed by atoms with Gasteiger partial charge in [-0.1, -0.05) is 24.3 Å². The van der Waals surface area contributed by atoms with Gasteiger partial charge in [0.1, 0.15) is 6.54 Å². The van der Waals surface area contributed by atoms with E-state index in [1.54, 1.807) is 12.3 Å². The Morgan fingerprint density at radius 1 is 1.25 bits per heavy atom. The standard InChI is InChI=1S/C15H15BrN2O2/c1-11-4-2-3-5-12(11)8-17-14(19)10-18-9-13(16)6-7-15(18)20/h2-7,9H,8,10H2,1H3,(H,17,19). The van der Waals surface area contributed by atoms with E-state index < -0.39 is 0 Å². The molecule has 0 radical (unpaired) electrons. The number of aryl methyl sites for hydroxylation is 1. The fourth-order valence-corrected chi connectivity index (χ4v) is 2.22. The minimum atomic E-state index is -0.195. The van der Waals surface area contributed by atoms with Crippen LogP contribution in [-0.2, 0) is 17.9 Å². The molecule has 0 aliphatic carbocycles. The number of benzene rings is 1. The summed E-state index contributed by atoms with van der Waals surface area (Å²) in [6.07, 6.45) is 1.61. The highest BCUT2D eigenvalue weighted by atomic mass is 79.9. The van der Waals surface area contributed by atoms with Crippen LogP contribution in [0.4, 0.5) is 0 Å². The van der Waals surface area contributed by atoms with Crippen LogP contribution in [0.15, 0.2) is 51.9 Å². The molecule has 0 spiro atoms. The van der Waals surface area contributed by atoms with Crippen LogP contribution in [-0.4, -0.2) is 10.5 Å². The van der Waals surface area contributed by atoms with E-state index in [4.69, 9.17) is 0 Å². The maximum Gasteiger partial charge on any atom is 0.251 e. The molecule has 2 rings (SSSR count). The van der Waals surface area contributed by atoms with Crippen molar-refractivity contribution in [3.8, 4) is 0 Å². The molecule has 0 saturated carbocycles. The molecule has 20 heavy (non-hydrogen) atoms. The third-order valence-corrected chi connectivity index (χ3v) is 3.47. The Balaban J connectivity index is 1.98. The quantitative estimate of drug-likeness (QED) is 0.932. The first kappa shape index (κ1) is 14.5. The van der Waals surface area contributed by atoms with E-state index in [0.29, 0.717) is 6.54 Å². The Morgan fingerprint density at radius 2 is 2.00 bits per heavy atom. The van der Waals surface area contributed by atoms with Crippen LogP contribution in [0.2, 0.25) is 0 Å². The number of rotatable bonds is 4. The summed E-state index contributed by atoms with van der Waals surface area (Å²) in [5.41, 5.74) is 2.01. The predicted octanol–water partition coefficient (Wildman–Crippen LogP) is 2.24. The largest absolute Gasteiger partial charge is 0.350 e. The van der Waals surface area contributed by atoms with Crippen LogP contribution in [0.3, 0.4) is 0 Å². The molecule has 1 aromatic heterocycles. The van der Waals surface area contributed by atoms with Gasteiger partial charge in [-0.3, -0.25) is 9.59 Å². The minimum Gasteiger partial charge on any atom is -0.350 e. The number of nitrogens with zero attached hydrogens (tertiary/aromatic N) is 1. The Labute approximate surface area is 125 Å². The number of amides is 1. The highest BCUT2D eigenvalue weighted by Gasteiger charge is 2.05. The van der Waals surface area contributed by atoms with Gasteiger partial charge in [0.25, 0.3) is 5.56 Å². The lowest BCUT2D eigenvalue weighted by Gasteiger charge is -2.09. The number of nitrogens with one attached hydrogen (secondary N) is 1. The number of carbonyl (C=O) groups excluding carboxylic acids is 1. The molecule has 104 valence electrons. The average Bonchev–Trinajstić information content (AvgIpc) is 2.42. The zero-order valence-corrected chi connectivity index (χ0v) is 12.7. The summed E-state index contributed by atoms with van der Waals surface area (Å²) in [6, 6.07) is 11.0. The average molecular weight is 335 g/mol. The first-order valence-electron chi connectivity index (χ1n) is 6.23. The monoisotopic (exact) mass is 334 g/mol. The third kappa shape index (κ3) is 3.81. The second kappa shape index (κ2) is 6.52. The number of halogens is 1. The molecule has 4 nitrogen and oxygen atoms in total. The molecule has 5 heteroatoms. The summed E-state index contributed by atoms with van der Waals surface area (Å²) < 4.78 is 2.14. The second-order valence-corrected chi connectivity index (χ2v) is 5.43. The van der Waals surface area contributed by atoms with E-state index in [1.807, 2.05) is 31.2 Å². The summed E-state index contributed by atoms with van der Waals surface area (Å²) >= 11 is 3.28. The normalized spacial score (nSPS) is 10.3. The number of carbonyl (C=O) groups is 1. The van der Waals surface area contributed by atoms with Gasteiger partial charge in [-0.2, -0.15) is 0 Å². The fraction of sp³-hybridized carbons (Fsp3) is 0.200. The molecule has 0 bridgehead atoms. The van der Waals surface area contributed by atoms with Gasteiger partial charge in [-0.25, -0.2) is 0 Å². The van der Waals surface area contributed by atoms with Crippen LogP contribution in [0.1, 0.15) is 11.1 Å². The molecule has 0 fully saturated rings. The molecule has 0 saturated heterocycles. The van der Waals surface area contributed by atoms with Crippen molar-refractivity contribution in [1.82, 2.24) is 9.88 Å². The van der Waals surface area contributed by atoms with Crippen LogP contribution in [0, 0.1) is 6.92 Å². The SMILES string of the molecule is Cc1ccccc1CNC(=O)Cn1cc(Br)ccc1=O. The molecule has 0 atom stereocenters. The molecule has 1 aromatic carbocycles. The van der Waals surface area contributed by atoms with Crippen molar-refractivity contribution >= 4 is 21.8 Å². The van der Waals surface area contributed by atoms with E-state index >= 15 is 0 Å². The van der Waals surface area contributed by atoms with Crippen molar-refractivity contribution < 1.29 is 4.79 Å². The minimum absolute atomic E-state index is 0.0180. The van der Waals surface area contributed by atoms with E-state index in [-0.39, 0.29) is 18.0 Å². The van der Waals surface area contributed by atoms with Gasteiger partial charge >= 0.3 is 0 Å². The van der Waals surface area contributed by atoms with E-state index in [1.165, 1.54) is 10.6 Å². The van der Waals surface area contributed by atoms with Crippen molar-refractivity contribution in [2.75, 3.05) is 0 Å². The van der Waals surface area contributed by atoms with Crippen molar-refractivity contribution in [1.29, 1.82) is 0 Å². The van der Waals surface area contributed by atoms with E-state index in [0.717, 1.165) is 15.6 Å². The molecule has 0 aliphatic heterocycles. The van der Waals surface area contributed by atoms with E-state index in [9.17, 15) is 9.59 Å². The number of pyridine rings is 1. The van der Waals surface area contributed by atoms with Gasteiger partial charge in [-0.15, -0.1) is 0 Å². The molecule has 0 aliphatic rings. The van der Waals surface area contributed by atoms with Gasteiger partial charge < -0.3 is 9.88 Å². The molecule has 1 heterocycles. The van der Waals surface area contributed by atoms with Crippen LogP contribution < -0.4 is 10.9 Å². The molecular weight excluding hydrogens is 320 g/mol. The fourth-order valence-electron chi connectivity index (χ4n) is 1.84. The maximum absolute atomic E-state index is 11.9. The first-order valence-corrected chi connectivity index (χ1v) is 7.03. The van der Waals surface area contributed by atoms with Crippen molar-refractivity contribution in [3.05, 3.63) is 68.5 Å². The third-order valence-electron chi connectivity index (χ3n) is 3.00. The topological polar surface area (TPSA) is 51.1 Å². The van der Waals surface area contributed by atoms with Crippen molar-refractivity contribution in [2.24, 2.45) is 0 Å². The zero-order valence-electron chi connectivity index (χ0n) is 11.1. The maximum atomic E-state index is 11.9. The lowest BCUT2D eigenvalue weighted by atomic mass is 10.1. The summed E-state index contributed by atoms with van der Waals surface area (Å²) in [7, 11) is 0. The predicted molar refractivity (Wildman–Crippen MR) is 81.4 cm³/mol. The summed E-state index contributed by atoms with van der Waals surface area (Å²) in [5, 5.41) is 2.82. The van der Waals surface area contributed by atoms with E-state index in [2.05, 4.69) is 21.2 Å². The molecule has 1 N–H and O–H groups in total. The Morgan fingerprint density at radius 3 is 2.75 bits per heavy atom. The first-order chi connectivity index (χ1) is 9.56. The number of hydrogen-bond donors (Lipinski definition) is 1. The lowest BCUT2D eigenvalue weighted by Crippen LogP contribution is -2.31. The second-order valence-electron chi connectivity index (χ2n) is 4.52. The van der Waals surface area contributed by atoms with Crippen molar-refractivity contribution in [2.45, 2.75) is 20.0 Å². The number of aromatic nitrogens is 1. The highest BCUT2D eigenvalue weighted by Crippen LogP contribution is 2.06. The molecule has 2 aromatic rings. The van der Waals surface area contributed by atoms with Gasteiger partial charge in [0, 0.05) is 23.3 Å². The van der Waals surface area contributed by atoms with Crippen LogP contribution >= 0.6 is 15.9 Å². The summed E-state index contributed by atoms with van der Waals surface area (Å²) in [6.45, 7) is 2.48. The van der Waals surface area contributed by atoms with Gasteiger partial charge in [0.15, 0.2) is 0 Å². The lowest BCUT2D eigenvalue weighted by molar-refractivity contribution is -0.121. The molecule has 0 unspecified atom stereocenters. The number of hydrogen-bond acceptors (Lipinski definition) is 2. The van der Waals surface area contributed by atoms with Gasteiger partial charge in [-0.05, 0) is 40.0 Å².